The minimum atomic E-state index is 0.000757. The van der Waals surface area contributed by atoms with Gasteiger partial charge in [-0.2, -0.15) is 5.10 Å². The molecule has 0 spiro atoms. The Morgan fingerprint density at radius 3 is 2.58 bits per heavy atom. The average molecular weight is 279 g/mol. The molecular formula is C14H15ClN2O2. The highest BCUT2D eigenvalue weighted by molar-refractivity contribution is 6.33. The summed E-state index contributed by atoms with van der Waals surface area (Å²) in [6.07, 6.45) is 2.57. The molecule has 0 N–H and O–H groups in total. The van der Waals surface area contributed by atoms with E-state index in [0.717, 1.165) is 11.3 Å². The fraction of sp³-hybridized carbons (Fsp3) is 0.286. The summed E-state index contributed by atoms with van der Waals surface area (Å²) in [6, 6.07) is 7.68. The van der Waals surface area contributed by atoms with Crippen molar-refractivity contribution in [1.82, 2.24) is 9.78 Å². The molecule has 0 aliphatic rings. The zero-order valence-corrected chi connectivity index (χ0v) is 11.6. The molecule has 0 amide bonds. The van der Waals surface area contributed by atoms with Crippen LogP contribution in [0.25, 0.3) is 0 Å². The quantitative estimate of drug-likeness (QED) is 0.790. The third-order valence-corrected chi connectivity index (χ3v) is 3.23. The lowest BCUT2D eigenvalue weighted by Gasteiger charge is -2.04. The molecule has 1 aromatic carbocycles. The van der Waals surface area contributed by atoms with Crippen molar-refractivity contribution in [3.05, 3.63) is 46.7 Å². The Bertz CT molecular complexity index is 556. The van der Waals surface area contributed by atoms with E-state index in [1.165, 1.54) is 10.9 Å². The first-order chi connectivity index (χ1) is 9.11. The lowest BCUT2D eigenvalue weighted by Crippen LogP contribution is -2.08. The van der Waals surface area contributed by atoms with E-state index in [9.17, 15) is 4.79 Å². The van der Waals surface area contributed by atoms with Crippen LogP contribution in [0.5, 0.6) is 5.75 Å². The zero-order chi connectivity index (χ0) is 13.8. The highest BCUT2D eigenvalue weighted by Gasteiger charge is 2.15. The van der Waals surface area contributed by atoms with E-state index in [2.05, 4.69) is 5.10 Å². The molecule has 4 nitrogen and oxygen atoms in total. The largest absolute Gasteiger partial charge is 0.497 e. The van der Waals surface area contributed by atoms with Gasteiger partial charge in [0.15, 0.2) is 5.78 Å². The Balaban J connectivity index is 2.00. The van der Waals surface area contributed by atoms with E-state index in [4.69, 9.17) is 16.3 Å². The number of rotatable bonds is 5. The third kappa shape index (κ3) is 3.15. The number of carbonyl (C=O) groups excluding carboxylic acids is 1. The fourth-order valence-electron chi connectivity index (χ4n) is 1.89. The van der Waals surface area contributed by atoms with E-state index in [1.54, 1.807) is 14.2 Å². The number of halogens is 1. The monoisotopic (exact) mass is 278 g/mol. The number of hydrogen-bond acceptors (Lipinski definition) is 3. The van der Waals surface area contributed by atoms with Gasteiger partial charge in [0.05, 0.1) is 18.3 Å². The van der Waals surface area contributed by atoms with Gasteiger partial charge in [-0.05, 0) is 24.1 Å². The van der Waals surface area contributed by atoms with Crippen molar-refractivity contribution in [3.63, 3.8) is 0 Å². The van der Waals surface area contributed by atoms with E-state index >= 15 is 0 Å². The standard InChI is InChI=1S/C14H15ClN2O2/c1-17-14(12(15)9-16-17)13(18)8-5-10-3-6-11(19-2)7-4-10/h3-4,6-7,9H,5,8H2,1-2H3. The number of nitrogens with zero attached hydrogens (tertiary/aromatic N) is 2. The summed E-state index contributed by atoms with van der Waals surface area (Å²) in [7, 11) is 3.34. The van der Waals surface area contributed by atoms with Gasteiger partial charge in [-0.15, -0.1) is 0 Å². The van der Waals surface area contributed by atoms with Crippen molar-refractivity contribution < 1.29 is 9.53 Å². The van der Waals surface area contributed by atoms with Gasteiger partial charge in [0.25, 0.3) is 0 Å². The number of aromatic nitrogens is 2. The molecule has 2 aromatic rings. The van der Waals surface area contributed by atoms with Gasteiger partial charge in [0.2, 0.25) is 0 Å². The van der Waals surface area contributed by atoms with Gasteiger partial charge in [-0.1, -0.05) is 23.7 Å². The average Bonchev–Trinajstić information content (AvgIpc) is 2.76. The first-order valence-electron chi connectivity index (χ1n) is 5.95. The van der Waals surface area contributed by atoms with Gasteiger partial charge in [0, 0.05) is 13.5 Å². The molecule has 0 fully saturated rings. The van der Waals surface area contributed by atoms with Crippen LogP contribution in [0.15, 0.2) is 30.5 Å². The fourth-order valence-corrected chi connectivity index (χ4v) is 2.16. The molecule has 1 heterocycles. The second-order valence-electron chi connectivity index (χ2n) is 4.24. The van der Waals surface area contributed by atoms with Crippen LogP contribution in [-0.4, -0.2) is 22.7 Å². The molecule has 1 aromatic heterocycles. The second-order valence-corrected chi connectivity index (χ2v) is 4.64. The molecule has 0 radical (unpaired) electrons. The topological polar surface area (TPSA) is 44.1 Å². The number of carbonyl (C=O) groups is 1. The first-order valence-corrected chi connectivity index (χ1v) is 6.33. The maximum Gasteiger partial charge on any atom is 0.182 e. The Morgan fingerprint density at radius 2 is 2.05 bits per heavy atom. The Labute approximate surface area is 116 Å². The second kappa shape index (κ2) is 5.89. The summed E-state index contributed by atoms with van der Waals surface area (Å²) in [4.78, 5) is 12.1. The molecule has 0 aliphatic heterocycles. The van der Waals surface area contributed by atoms with Gasteiger partial charge in [-0.3, -0.25) is 9.48 Å². The molecule has 2 rings (SSSR count). The van der Waals surface area contributed by atoms with Crippen molar-refractivity contribution >= 4 is 17.4 Å². The molecule has 100 valence electrons. The Hall–Kier alpha value is -1.81. The van der Waals surface area contributed by atoms with E-state index in [1.807, 2.05) is 24.3 Å². The SMILES string of the molecule is COc1ccc(CCC(=O)c2c(Cl)cnn2C)cc1. The van der Waals surface area contributed by atoms with Crippen LogP contribution in [0.1, 0.15) is 22.5 Å². The number of ether oxygens (including phenoxy) is 1. The number of benzene rings is 1. The molecule has 0 saturated heterocycles. The van der Waals surface area contributed by atoms with Crippen LogP contribution in [-0.2, 0) is 13.5 Å². The highest BCUT2D eigenvalue weighted by atomic mass is 35.5. The summed E-state index contributed by atoms with van der Waals surface area (Å²) in [6.45, 7) is 0. The predicted octanol–water partition coefficient (Wildman–Crippen LogP) is 2.90. The molecule has 0 unspecified atom stereocenters. The zero-order valence-electron chi connectivity index (χ0n) is 10.9. The Morgan fingerprint density at radius 1 is 1.37 bits per heavy atom. The number of aryl methyl sites for hydroxylation is 2. The number of hydrogen-bond donors (Lipinski definition) is 0. The lowest BCUT2D eigenvalue weighted by molar-refractivity contribution is 0.0974. The minimum absolute atomic E-state index is 0.000757. The van der Waals surface area contributed by atoms with Crippen molar-refractivity contribution in [3.8, 4) is 5.75 Å². The van der Waals surface area contributed by atoms with E-state index in [0.29, 0.717) is 23.6 Å². The van der Waals surface area contributed by atoms with Crippen LogP contribution in [0.3, 0.4) is 0 Å². The maximum atomic E-state index is 12.1. The van der Waals surface area contributed by atoms with Crippen LogP contribution in [0.4, 0.5) is 0 Å². The van der Waals surface area contributed by atoms with Crippen molar-refractivity contribution in [2.75, 3.05) is 7.11 Å². The summed E-state index contributed by atoms with van der Waals surface area (Å²) < 4.78 is 6.60. The molecule has 5 heteroatoms. The van der Waals surface area contributed by atoms with Crippen LogP contribution in [0, 0.1) is 0 Å². The summed E-state index contributed by atoms with van der Waals surface area (Å²) in [5.41, 5.74) is 1.56. The van der Waals surface area contributed by atoms with Crippen LogP contribution >= 0.6 is 11.6 Å². The van der Waals surface area contributed by atoms with E-state index < -0.39 is 0 Å². The normalized spacial score (nSPS) is 10.5. The van der Waals surface area contributed by atoms with Crippen LogP contribution in [0.2, 0.25) is 5.02 Å². The third-order valence-electron chi connectivity index (χ3n) is 2.96. The molecule has 0 saturated carbocycles. The molecule has 0 bridgehead atoms. The van der Waals surface area contributed by atoms with Crippen LogP contribution < -0.4 is 4.74 Å². The van der Waals surface area contributed by atoms with Gasteiger partial charge >= 0.3 is 0 Å². The number of methoxy groups -OCH3 is 1. The minimum Gasteiger partial charge on any atom is -0.497 e. The van der Waals surface area contributed by atoms with Gasteiger partial charge in [-0.25, -0.2) is 0 Å². The molecular weight excluding hydrogens is 264 g/mol. The summed E-state index contributed by atoms with van der Waals surface area (Å²) in [5.74, 6) is 0.811. The van der Waals surface area contributed by atoms with Gasteiger partial charge in [0.1, 0.15) is 11.4 Å². The highest BCUT2D eigenvalue weighted by Crippen LogP contribution is 2.18. The maximum absolute atomic E-state index is 12.1. The smallest absolute Gasteiger partial charge is 0.182 e. The molecule has 0 aliphatic carbocycles. The van der Waals surface area contributed by atoms with E-state index in [-0.39, 0.29) is 5.78 Å². The van der Waals surface area contributed by atoms with Crippen molar-refractivity contribution in [1.29, 1.82) is 0 Å². The van der Waals surface area contributed by atoms with Crippen molar-refractivity contribution in [2.24, 2.45) is 7.05 Å². The lowest BCUT2D eigenvalue weighted by atomic mass is 10.1. The van der Waals surface area contributed by atoms with Crippen molar-refractivity contribution in [2.45, 2.75) is 12.8 Å². The Kier molecular flexibility index (Phi) is 4.22. The predicted molar refractivity (Wildman–Crippen MR) is 73.9 cm³/mol. The summed E-state index contributed by atoms with van der Waals surface area (Å²) in [5, 5.41) is 4.37. The number of ketones is 1. The molecule has 19 heavy (non-hydrogen) atoms. The molecule has 0 atom stereocenters. The first kappa shape index (κ1) is 13.6. The van der Waals surface area contributed by atoms with Gasteiger partial charge < -0.3 is 4.74 Å². The number of Topliss-reactive ketones (excluding diaryl/α,β-unsaturated/α-hetero) is 1. The summed E-state index contributed by atoms with van der Waals surface area (Å²) >= 11 is 5.94.